The molecule has 6 heteroatoms. The SMILES string of the molecule is O=C(C(Cc1cccs1)c1ccc(Cl)cc1)N1CCC2(CC1)OCCO2. The number of likely N-dealkylation sites (tertiary alicyclic amines) is 1. The zero-order chi connectivity index (χ0) is 18.0. The van der Waals surface area contributed by atoms with Gasteiger partial charge in [-0.15, -0.1) is 11.3 Å². The van der Waals surface area contributed by atoms with Crippen molar-refractivity contribution in [1.29, 1.82) is 0 Å². The Balaban J connectivity index is 1.51. The standard InChI is InChI=1S/C20H22ClNO3S/c21-16-5-3-15(4-6-16)18(14-17-2-1-13-26-17)19(23)22-9-7-20(8-10-22)24-11-12-25-20/h1-6,13,18H,7-12,14H2. The summed E-state index contributed by atoms with van der Waals surface area (Å²) in [4.78, 5) is 16.5. The smallest absolute Gasteiger partial charge is 0.230 e. The first-order valence-electron chi connectivity index (χ1n) is 9.00. The van der Waals surface area contributed by atoms with Crippen LogP contribution in [0.5, 0.6) is 0 Å². The van der Waals surface area contributed by atoms with E-state index in [1.54, 1.807) is 11.3 Å². The fraction of sp³-hybridized carbons (Fsp3) is 0.450. The fourth-order valence-corrected chi connectivity index (χ4v) is 4.62. The summed E-state index contributed by atoms with van der Waals surface area (Å²) >= 11 is 7.73. The van der Waals surface area contributed by atoms with Gasteiger partial charge in [0.1, 0.15) is 0 Å². The topological polar surface area (TPSA) is 38.8 Å². The van der Waals surface area contributed by atoms with Crippen molar-refractivity contribution in [2.45, 2.75) is 31.0 Å². The lowest BCUT2D eigenvalue weighted by Gasteiger charge is -2.39. The Labute approximate surface area is 162 Å². The average Bonchev–Trinajstić information content (AvgIpc) is 3.33. The van der Waals surface area contributed by atoms with Crippen molar-refractivity contribution in [2.24, 2.45) is 0 Å². The highest BCUT2D eigenvalue weighted by molar-refractivity contribution is 7.09. The molecule has 1 spiro atoms. The third-order valence-electron chi connectivity index (χ3n) is 5.21. The van der Waals surface area contributed by atoms with Crippen LogP contribution < -0.4 is 0 Å². The maximum absolute atomic E-state index is 13.3. The minimum absolute atomic E-state index is 0.175. The predicted octanol–water partition coefficient (Wildman–Crippen LogP) is 4.09. The van der Waals surface area contributed by atoms with E-state index in [0.29, 0.717) is 37.7 Å². The number of rotatable bonds is 4. The molecule has 0 radical (unpaired) electrons. The van der Waals surface area contributed by atoms with Crippen LogP contribution in [0.2, 0.25) is 5.02 Å². The van der Waals surface area contributed by atoms with Gasteiger partial charge >= 0.3 is 0 Å². The van der Waals surface area contributed by atoms with Crippen LogP contribution in [0, 0.1) is 0 Å². The maximum atomic E-state index is 13.3. The predicted molar refractivity (Wildman–Crippen MR) is 103 cm³/mol. The number of carbonyl (C=O) groups is 1. The molecule has 4 nitrogen and oxygen atoms in total. The monoisotopic (exact) mass is 391 g/mol. The number of thiophene rings is 1. The molecule has 1 aromatic carbocycles. The molecular formula is C20H22ClNO3S. The Morgan fingerprint density at radius 2 is 1.85 bits per heavy atom. The molecule has 0 aliphatic carbocycles. The van der Waals surface area contributed by atoms with Crippen molar-refractivity contribution in [3.05, 3.63) is 57.2 Å². The minimum Gasteiger partial charge on any atom is -0.347 e. The molecule has 3 heterocycles. The highest BCUT2D eigenvalue weighted by Crippen LogP contribution is 2.33. The van der Waals surface area contributed by atoms with E-state index in [2.05, 4.69) is 11.4 Å². The Bertz CT molecular complexity index is 731. The van der Waals surface area contributed by atoms with Gasteiger partial charge in [-0.2, -0.15) is 0 Å². The Kier molecular flexibility index (Phi) is 5.32. The molecule has 2 fully saturated rings. The Morgan fingerprint density at radius 1 is 1.15 bits per heavy atom. The summed E-state index contributed by atoms with van der Waals surface area (Å²) in [6.07, 6.45) is 2.20. The maximum Gasteiger partial charge on any atom is 0.230 e. The number of benzene rings is 1. The summed E-state index contributed by atoms with van der Waals surface area (Å²) in [5.41, 5.74) is 1.02. The number of halogens is 1. The van der Waals surface area contributed by atoms with E-state index in [9.17, 15) is 4.79 Å². The molecule has 138 valence electrons. The largest absolute Gasteiger partial charge is 0.347 e. The minimum atomic E-state index is -0.458. The summed E-state index contributed by atoms with van der Waals surface area (Å²) in [5, 5.41) is 2.74. The van der Waals surface area contributed by atoms with E-state index in [-0.39, 0.29) is 11.8 Å². The average molecular weight is 392 g/mol. The Hall–Kier alpha value is -1.40. The van der Waals surface area contributed by atoms with Crippen LogP contribution in [0.25, 0.3) is 0 Å². The molecule has 1 amide bonds. The highest BCUT2D eigenvalue weighted by atomic mass is 35.5. The summed E-state index contributed by atoms with van der Waals surface area (Å²) in [5.74, 6) is -0.473. The fourth-order valence-electron chi connectivity index (χ4n) is 3.75. The van der Waals surface area contributed by atoms with Crippen LogP contribution in [-0.4, -0.2) is 42.9 Å². The van der Waals surface area contributed by atoms with Gasteiger partial charge in [-0.3, -0.25) is 4.79 Å². The molecule has 0 N–H and O–H groups in total. The van der Waals surface area contributed by atoms with Crippen molar-refractivity contribution in [2.75, 3.05) is 26.3 Å². The van der Waals surface area contributed by atoms with Crippen LogP contribution in [0.15, 0.2) is 41.8 Å². The normalized spacial score (nSPS) is 20.4. The van der Waals surface area contributed by atoms with Gasteiger partial charge < -0.3 is 14.4 Å². The lowest BCUT2D eigenvalue weighted by molar-refractivity contribution is -0.187. The van der Waals surface area contributed by atoms with Crippen molar-refractivity contribution < 1.29 is 14.3 Å². The second-order valence-corrected chi connectivity index (χ2v) is 8.29. The molecule has 0 bridgehead atoms. The number of nitrogens with zero attached hydrogens (tertiary/aromatic N) is 1. The van der Waals surface area contributed by atoms with Crippen LogP contribution in [0.4, 0.5) is 0 Å². The molecule has 0 saturated carbocycles. The first-order valence-corrected chi connectivity index (χ1v) is 10.3. The third kappa shape index (κ3) is 3.81. The molecule has 1 unspecified atom stereocenters. The summed E-state index contributed by atoms with van der Waals surface area (Å²) in [7, 11) is 0. The zero-order valence-corrected chi connectivity index (χ0v) is 16.1. The van der Waals surface area contributed by atoms with Gasteiger partial charge in [-0.05, 0) is 35.6 Å². The zero-order valence-electron chi connectivity index (χ0n) is 14.5. The molecule has 4 rings (SSSR count). The van der Waals surface area contributed by atoms with Crippen molar-refractivity contribution in [1.82, 2.24) is 4.90 Å². The molecule has 1 aromatic heterocycles. The van der Waals surface area contributed by atoms with Crippen molar-refractivity contribution in [3.8, 4) is 0 Å². The van der Waals surface area contributed by atoms with Crippen LogP contribution >= 0.6 is 22.9 Å². The van der Waals surface area contributed by atoms with E-state index >= 15 is 0 Å². The van der Waals surface area contributed by atoms with Gasteiger partial charge in [-0.1, -0.05) is 29.8 Å². The molecule has 2 aromatic rings. The number of piperidine rings is 1. The third-order valence-corrected chi connectivity index (χ3v) is 6.36. The van der Waals surface area contributed by atoms with E-state index in [4.69, 9.17) is 21.1 Å². The Morgan fingerprint density at radius 3 is 2.46 bits per heavy atom. The number of hydrogen-bond donors (Lipinski definition) is 0. The van der Waals surface area contributed by atoms with Gasteiger partial charge in [0, 0.05) is 35.8 Å². The number of ether oxygens (including phenoxy) is 2. The molecule has 26 heavy (non-hydrogen) atoms. The van der Waals surface area contributed by atoms with E-state index < -0.39 is 5.79 Å². The quantitative estimate of drug-likeness (QED) is 0.787. The van der Waals surface area contributed by atoms with Gasteiger partial charge in [0.2, 0.25) is 5.91 Å². The lowest BCUT2D eigenvalue weighted by atomic mass is 9.92. The number of amides is 1. The summed E-state index contributed by atoms with van der Waals surface area (Å²) < 4.78 is 11.6. The first-order chi connectivity index (χ1) is 12.7. The highest BCUT2D eigenvalue weighted by Gasteiger charge is 2.41. The second kappa shape index (κ2) is 7.69. The van der Waals surface area contributed by atoms with Crippen LogP contribution in [0.1, 0.15) is 29.2 Å². The lowest BCUT2D eigenvalue weighted by Crippen LogP contribution is -2.48. The van der Waals surface area contributed by atoms with Gasteiger partial charge in [0.05, 0.1) is 19.1 Å². The summed E-state index contributed by atoms with van der Waals surface area (Å²) in [6, 6.07) is 11.8. The first kappa shape index (κ1) is 18.0. The van der Waals surface area contributed by atoms with E-state index in [1.807, 2.05) is 35.2 Å². The molecule has 2 aliphatic heterocycles. The molecular weight excluding hydrogens is 370 g/mol. The molecule has 1 atom stereocenters. The molecule has 2 saturated heterocycles. The van der Waals surface area contributed by atoms with Crippen molar-refractivity contribution >= 4 is 28.8 Å². The van der Waals surface area contributed by atoms with Crippen LogP contribution in [0.3, 0.4) is 0 Å². The van der Waals surface area contributed by atoms with Crippen LogP contribution in [-0.2, 0) is 20.7 Å². The van der Waals surface area contributed by atoms with E-state index in [1.165, 1.54) is 4.88 Å². The van der Waals surface area contributed by atoms with Crippen molar-refractivity contribution in [3.63, 3.8) is 0 Å². The number of carbonyl (C=O) groups excluding carboxylic acids is 1. The second-order valence-electron chi connectivity index (χ2n) is 6.82. The van der Waals surface area contributed by atoms with E-state index in [0.717, 1.165) is 18.4 Å². The summed E-state index contributed by atoms with van der Waals surface area (Å²) in [6.45, 7) is 2.65. The number of hydrogen-bond acceptors (Lipinski definition) is 4. The van der Waals surface area contributed by atoms with Gasteiger partial charge in [0.15, 0.2) is 5.79 Å². The van der Waals surface area contributed by atoms with Gasteiger partial charge in [-0.25, -0.2) is 0 Å². The van der Waals surface area contributed by atoms with Gasteiger partial charge in [0.25, 0.3) is 0 Å². The molecule has 2 aliphatic rings.